The van der Waals surface area contributed by atoms with E-state index in [1.807, 2.05) is 0 Å². The highest BCUT2D eigenvalue weighted by molar-refractivity contribution is 7.93. The Hall–Kier alpha value is -2.55. The van der Waals surface area contributed by atoms with Crippen LogP contribution >= 0.6 is 11.3 Å². The van der Waals surface area contributed by atoms with Crippen molar-refractivity contribution in [3.05, 3.63) is 65.3 Å². The fourth-order valence-corrected chi connectivity index (χ4v) is 5.50. The van der Waals surface area contributed by atoms with E-state index in [2.05, 4.69) is 0 Å². The van der Waals surface area contributed by atoms with Gasteiger partial charge in [-0.05, 0) is 24.3 Å². The number of hydrogen-bond acceptors (Lipinski definition) is 4. The molecule has 1 unspecified atom stereocenters. The Labute approximate surface area is 169 Å². The Kier molecular flexibility index (Phi) is 6.23. The summed E-state index contributed by atoms with van der Waals surface area (Å²) < 4.78 is 33.3. The van der Waals surface area contributed by atoms with Crippen molar-refractivity contribution in [3.63, 3.8) is 0 Å². The maximum Gasteiger partial charge on any atom is 0.407 e. The largest absolute Gasteiger partial charge is 0.606 e. The molecule has 0 aliphatic rings. The highest BCUT2D eigenvalue weighted by Gasteiger charge is 2.26. The zero-order valence-corrected chi connectivity index (χ0v) is 16.8. The number of thiophene rings is 1. The monoisotopic (exact) mass is 419 g/mol. The third-order valence-electron chi connectivity index (χ3n) is 4.06. The lowest BCUT2D eigenvalue weighted by atomic mass is 10.1. The number of nitrogens with zero attached hydrogens (tertiary/aromatic N) is 1. The second-order valence-electron chi connectivity index (χ2n) is 5.98. The molecule has 28 heavy (non-hydrogen) atoms. The van der Waals surface area contributed by atoms with Gasteiger partial charge in [0.15, 0.2) is 4.90 Å². The number of rotatable bonds is 6. The van der Waals surface area contributed by atoms with Gasteiger partial charge in [0.05, 0.1) is 19.2 Å². The Balaban J connectivity index is 2.08. The van der Waals surface area contributed by atoms with Gasteiger partial charge in [-0.1, -0.05) is 35.6 Å². The minimum absolute atomic E-state index is 0.122. The van der Waals surface area contributed by atoms with Crippen LogP contribution in [0.5, 0.6) is 5.75 Å². The summed E-state index contributed by atoms with van der Waals surface area (Å²) in [6.45, 7) is 0.122. The minimum Gasteiger partial charge on any atom is -0.606 e. The normalized spacial score (nSPS) is 11.9. The summed E-state index contributed by atoms with van der Waals surface area (Å²) in [5, 5.41) is 9.12. The van der Waals surface area contributed by atoms with Gasteiger partial charge in [-0.15, -0.1) is 0 Å². The molecule has 0 saturated carbocycles. The van der Waals surface area contributed by atoms with Crippen LogP contribution in [0.3, 0.4) is 0 Å². The standard InChI is InChI=1S/C20H18FNO4S2/c1-22(20(23)24)12-14-11-17(16-8-3-4-9-18(16)21)19(27-14)28(25)15-7-5-6-13(10-15)26-2/h3-11H,12H2,1-2H3,(H,23,24). The molecule has 0 aliphatic heterocycles. The molecule has 5 nitrogen and oxygen atoms in total. The van der Waals surface area contributed by atoms with Crippen molar-refractivity contribution >= 4 is 28.6 Å². The van der Waals surface area contributed by atoms with Crippen LogP contribution < -0.4 is 4.74 Å². The van der Waals surface area contributed by atoms with Gasteiger partial charge in [-0.3, -0.25) is 0 Å². The van der Waals surface area contributed by atoms with Crippen molar-refractivity contribution < 1.29 is 23.6 Å². The molecule has 2 aromatic carbocycles. The molecule has 1 atom stereocenters. The average Bonchev–Trinajstić information content (AvgIpc) is 3.11. The average molecular weight is 419 g/mol. The van der Waals surface area contributed by atoms with Gasteiger partial charge >= 0.3 is 6.09 Å². The molecule has 0 fully saturated rings. The van der Waals surface area contributed by atoms with Crippen molar-refractivity contribution in [3.8, 4) is 16.9 Å². The van der Waals surface area contributed by atoms with Crippen molar-refractivity contribution in [1.82, 2.24) is 4.90 Å². The third-order valence-corrected chi connectivity index (χ3v) is 6.91. The second kappa shape index (κ2) is 8.64. The van der Waals surface area contributed by atoms with E-state index in [1.165, 1.54) is 31.6 Å². The number of benzene rings is 2. The van der Waals surface area contributed by atoms with E-state index in [9.17, 15) is 13.7 Å². The van der Waals surface area contributed by atoms with Gasteiger partial charge in [0, 0.05) is 34.7 Å². The topological polar surface area (TPSA) is 72.8 Å². The molecule has 8 heteroatoms. The lowest BCUT2D eigenvalue weighted by Crippen LogP contribution is -2.23. The predicted octanol–water partition coefficient (Wildman–Crippen LogP) is 4.84. The number of methoxy groups -OCH3 is 1. The number of carboxylic acid groups (broad SMARTS) is 1. The van der Waals surface area contributed by atoms with Crippen LogP contribution in [0.4, 0.5) is 9.18 Å². The molecule has 1 aromatic heterocycles. The summed E-state index contributed by atoms with van der Waals surface area (Å²) in [7, 11) is 2.97. The fourth-order valence-electron chi connectivity index (χ4n) is 2.63. The molecular formula is C20H18FNO4S2. The highest BCUT2D eigenvalue weighted by atomic mass is 32.2. The van der Waals surface area contributed by atoms with E-state index in [-0.39, 0.29) is 6.54 Å². The Morgan fingerprint density at radius 3 is 2.64 bits per heavy atom. The zero-order valence-electron chi connectivity index (χ0n) is 15.2. The first-order valence-corrected chi connectivity index (χ1v) is 10.2. The summed E-state index contributed by atoms with van der Waals surface area (Å²) in [5.74, 6) is 0.142. The maximum absolute atomic E-state index is 14.4. The van der Waals surface area contributed by atoms with Crippen molar-refractivity contribution in [1.29, 1.82) is 0 Å². The van der Waals surface area contributed by atoms with Crippen LogP contribution in [0.15, 0.2) is 63.7 Å². The van der Waals surface area contributed by atoms with E-state index >= 15 is 0 Å². The number of halogens is 1. The lowest BCUT2D eigenvalue weighted by Gasteiger charge is -2.11. The maximum atomic E-state index is 14.4. The predicted molar refractivity (Wildman–Crippen MR) is 107 cm³/mol. The minimum atomic E-state index is -1.58. The molecule has 1 heterocycles. The quantitative estimate of drug-likeness (QED) is 0.580. The first-order valence-electron chi connectivity index (χ1n) is 8.28. The van der Waals surface area contributed by atoms with E-state index < -0.39 is 23.1 Å². The summed E-state index contributed by atoms with van der Waals surface area (Å²) in [4.78, 5) is 13.5. The first kappa shape index (κ1) is 20.2. The SMILES string of the molecule is COc1cccc([S+]([O-])c2sc(CN(C)C(=O)O)cc2-c2ccccc2F)c1. The number of amides is 1. The van der Waals surface area contributed by atoms with Gasteiger partial charge in [-0.25, -0.2) is 9.18 Å². The number of ether oxygens (including phenoxy) is 1. The summed E-state index contributed by atoms with van der Waals surface area (Å²) in [5.41, 5.74) is 0.826. The molecule has 0 aliphatic carbocycles. The fraction of sp³-hybridized carbons (Fsp3) is 0.150. The molecule has 0 radical (unpaired) electrons. The molecular weight excluding hydrogens is 401 g/mol. The van der Waals surface area contributed by atoms with Crippen molar-refractivity contribution in [2.75, 3.05) is 14.2 Å². The summed E-state index contributed by atoms with van der Waals surface area (Å²) >= 11 is -0.365. The Bertz CT molecular complexity index is 992. The van der Waals surface area contributed by atoms with Crippen LogP contribution in [0, 0.1) is 5.82 Å². The van der Waals surface area contributed by atoms with E-state index in [0.717, 1.165) is 4.90 Å². The molecule has 0 saturated heterocycles. The molecule has 146 valence electrons. The van der Waals surface area contributed by atoms with Crippen LogP contribution in [0.1, 0.15) is 4.88 Å². The number of hydrogen-bond donors (Lipinski definition) is 1. The van der Waals surface area contributed by atoms with E-state index in [0.29, 0.717) is 30.9 Å². The second-order valence-corrected chi connectivity index (χ2v) is 8.79. The molecule has 1 N–H and O–H groups in total. The van der Waals surface area contributed by atoms with Gasteiger partial charge in [-0.2, -0.15) is 0 Å². The van der Waals surface area contributed by atoms with Gasteiger partial charge in [0.25, 0.3) is 0 Å². The first-order chi connectivity index (χ1) is 13.4. The molecule has 3 aromatic rings. The molecule has 0 bridgehead atoms. The zero-order chi connectivity index (χ0) is 20.3. The third kappa shape index (κ3) is 4.30. The summed E-state index contributed by atoms with van der Waals surface area (Å²) in [6, 6.07) is 14.8. The van der Waals surface area contributed by atoms with E-state index in [1.54, 1.807) is 48.5 Å². The van der Waals surface area contributed by atoms with Crippen LogP contribution in [-0.4, -0.2) is 34.8 Å². The Morgan fingerprint density at radius 2 is 1.96 bits per heavy atom. The number of carbonyl (C=O) groups is 1. The van der Waals surface area contributed by atoms with Gasteiger partial charge < -0.3 is 19.3 Å². The molecule has 0 spiro atoms. The molecule has 1 amide bonds. The van der Waals surface area contributed by atoms with Gasteiger partial charge in [0.1, 0.15) is 11.6 Å². The van der Waals surface area contributed by atoms with Crippen LogP contribution in [-0.2, 0) is 17.7 Å². The van der Waals surface area contributed by atoms with Gasteiger partial charge in [0.2, 0.25) is 4.21 Å². The smallest absolute Gasteiger partial charge is 0.407 e. The van der Waals surface area contributed by atoms with E-state index in [4.69, 9.17) is 9.84 Å². The van der Waals surface area contributed by atoms with Crippen molar-refractivity contribution in [2.24, 2.45) is 0 Å². The highest BCUT2D eigenvalue weighted by Crippen LogP contribution is 2.40. The Morgan fingerprint density at radius 1 is 1.21 bits per heavy atom. The van der Waals surface area contributed by atoms with Crippen LogP contribution in [0.25, 0.3) is 11.1 Å². The summed E-state index contributed by atoms with van der Waals surface area (Å²) in [6.07, 6.45) is -1.07. The lowest BCUT2D eigenvalue weighted by molar-refractivity contribution is 0.154. The van der Waals surface area contributed by atoms with Crippen molar-refractivity contribution in [2.45, 2.75) is 15.6 Å². The molecule has 3 rings (SSSR count). The van der Waals surface area contributed by atoms with Crippen LogP contribution in [0.2, 0.25) is 0 Å².